The molecule has 0 amide bonds. The number of nitrogens with zero attached hydrogens (tertiary/aromatic N) is 2. The maximum Gasteiger partial charge on any atom is 0.174 e. The molecule has 108 valence electrons. The third-order valence-corrected chi connectivity index (χ3v) is 4.11. The summed E-state index contributed by atoms with van der Waals surface area (Å²) in [6.45, 7) is 1.88. The summed E-state index contributed by atoms with van der Waals surface area (Å²) in [6.07, 6.45) is 0. The van der Waals surface area contributed by atoms with Crippen molar-refractivity contribution in [1.29, 1.82) is 0 Å². The summed E-state index contributed by atoms with van der Waals surface area (Å²) in [4.78, 5) is 0. The fourth-order valence-corrected chi connectivity index (χ4v) is 2.64. The monoisotopic (exact) mass is 399 g/mol. The molecule has 0 fully saturated rings. The molecule has 1 heterocycles. The van der Waals surface area contributed by atoms with E-state index < -0.39 is 11.6 Å². The fourth-order valence-electron chi connectivity index (χ4n) is 2.19. The number of hydrogen-bond donors (Lipinski definition) is 1. The van der Waals surface area contributed by atoms with Gasteiger partial charge in [-0.05, 0) is 59.8 Å². The van der Waals surface area contributed by atoms with Gasteiger partial charge in [-0.25, -0.2) is 8.78 Å². The van der Waals surface area contributed by atoms with Gasteiger partial charge in [0.2, 0.25) is 0 Å². The van der Waals surface area contributed by atoms with Crippen LogP contribution in [0.25, 0.3) is 10.9 Å². The first-order valence-electron chi connectivity index (χ1n) is 6.31. The van der Waals surface area contributed by atoms with E-state index in [1.807, 2.05) is 29.5 Å². The van der Waals surface area contributed by atoms with Crippen molar-refractivity contribution in [2.75, 3.05) is 5.32 Å². The normalized spacial score (nSPS) is 11.1. The number of rotatable bonds is 2. The van der Waals surface area contributed by atoms with Crippen LogP contribution in [-0.2, 0) is 7.05 Å². The van der Waals surface area contributed by atoms with Crippen LogP contribution in [0, 0.1) is 22.1 Å². The highest BCUT2D eigenvalue weighted by Gasteiger charge is 2.14. The highest BCUT2D eigenvalue weighted by Crippen LogP contribution is 2.29. The fraction of sp³-hybridized carbons (Fsp3) is 0.133. The molecular weight excluding hydrogens is 387 g/mol. The number of benzene rings is 2. The molecular formula is C15H12F2IN3. The highest BCUT2D eigenvalue weighted by molar-refractivity contribution is 14.1. The molecule has 0 radical (unpaired) electrons. The quantitative estimate of drug-likeness (QED) is 0.643. The Hall–Kier alpha value is -1.70. The zero-order valence-corrected chi connectivity index (χ0v) is 13.6. The predicted molar refractivity (Wildman–Crippen MR) is 87.8 cm³/mol. The smallest absolute Gasteiger partial charge is 0.174 e. The zero-order chi connectivity index (χ0) is 15.1. The molecule has 3 nitrogen and oxygen atoms in total. The maximum atomic E-state index is 14.5. The van der Waals surface area contributed by atoms with E-state index in [-0.39, 0.29) is 16.9 Å². The van der Waals surface area contributed by atoms with Crippen molar-refractivity contribution in [3.8, 4) is 0 Å². The molecule has 0 aliphatic heterocycles. The van der Waals surface area contributed by atoms with Gasteiger partial charge in [0.15, 0.2) is 5.82 Å². The lowest BCUT2D eigenvalue weighted by Crippen LogP contribution is -1.97. The molecule has 0 saturated heterocycles. The van der Waals surface area contributed by atoms with Gasteiger partial charge in [-0.15, -0.1) is 0 Å². The lowest BCUT2D eigenvalue weighted by molar-refractivity contribution is 0.626. The van der Waals surface area contributed by atoms with Crippen LogP contribution in [0.2, 0.25) is 0 Å². The Morgan fingerprint density at radius 3 is 2.57 bits per heavy atom. The summed E-state index contributed by atoms with van der Waals surface area (Å²) in [7, 11) is 1.76. The van der Waals surface area contributed by atoms with Crippen molar-refractivity contribution in [3.63, 3.8) is 0 Å². The average molecular weight is 399 g/mol. The Morgan fingerprint density at radius 2 is 1.86 bits per heavy atom. The summed E-state index contributed by atoms with van der Waals surface area (Å²) in [5.74, 6) is -0.896. The van der Waals surface area contributed by atoms with E-state index in [1.165, 1.54) is 6.07 Å². The minimum Gasteiger partial charge on any atom is -0.351 e. The molecule has 3 aromatic rings. The molecule has 1 aromatic heterocycles. The molecule has 0 bridgehead atoms. The van der Waals surface area contributed by atoms with E-state index >= 15 is 0 Å². The van der Waals surface area contributed by atoms with Crippen LogP contribution in [0.4, 0.5) is 20.2 Å². The molecule has 21 heavy (non-hydrogen) atoms. The second-order valence-corrected chi connectivity index (χ2v) is 6.03. The second-order valence-electron chi connectivity index (χ2n) is 4.78. The molecule has 0 aliphatic carbocycles. The van der Waals surface area contributed by atoms with Crippen molar-refractivity contribution in [3.05, 3.63) is 51.2 Å². The van der Waals surface area contributed by atoms with Gasteiger partial charge in [-0.2, -0.15) is 5.10 Å². The summed E-state index contributed by atoms with van der Waals surface area (Å²) >= 11 is 2.02. The van der Waals surface area contributed by atoms with Crippen LogP contribution in [-0.4, -0.2) is 9.78 Å². The molecule has 0 aliphatic rings. The van der Waals surface area contributed by atoms with Gasteiger partial charge in [0, 0.05) is 21.7 Å². The molecule has 1 N–H and O–H groups in total. The minimum atomic E-state index is -0.478. The average Bonchev–Trinajstić information content (AvgIpc) is 2.73. The third kappa shape index (κ3) is 2.48. The number of aromatic nitrogens is 2. The molecule has 0 unspecified atom stereocenters. The lowest BCUT2D eigenvalue weighted by atomic mass is 10.2. The van der Waals surface area contributed by atoms with E-state index in [9.17, 15) is 8.78 Å². The Balaban J connectivity index is 2.07. The van der Waals surface area contributed by atoms with Gasteiger partial charge in [-0.1, -0.05) is 0 Å². The predicted octanol–water partition coefficient (Wildman–Crippen LogP) is 4.51. The van der Waals surface area contributed by atoms with Crippen LogP contribution < -0.4 is 5.32 Å². The topological polar surface area (TPSA) is 29.9 Å². The number of aryl methyl sites for hydroxylation is 2. The van der Waals surface area contributed by atoms with Crippen LogP contribution in [0.15, 0.2) is 30.3 Å². The number of fused-ring (bicyclic) bond motifs is 1. The first-order chi connectivity index (χ1) is 9.97. The molecule has 0 spiro atoms. The summed E-state index contributed by atoms with van der Waals surface area (Å²) in [5.41, 5.74) is 1.61. The van der Waals surface area contributed by atoms with Crippen molar-refractivity contribution < 1.29 is 8.78 Å². The molecule has 6 heteroatoms. The Bertz CT molecular complexity index is 843. The van der Waals surface area contributed by atoms with E-state index in [2.05, 4.69) is 10.4 Å². The van der Waals surface area contributed by atoms with Crippen molar-refractivity contribution in [2.24, 2.45) is 7.05 Å². The van der Waals surface area contributed by atoms with Gasteiger partial charge >= 0.3 is 0 Å². The van der Waals surface area contributed by atoms with Gasteiger partial charge in [0.1, 0.15) is 11.3 Å². The standard InChI is InChI=1S/C15H12F2IN3/c1-8-10-4-6-13(14(17)15(10)20-21(8)2)19-12-5-3-9(18)7-11(12)16/h3-7,19H,1-2H3. The summed E-state index contributed by atoms with van der Waals surface area (Å²) in [6, 6.07) is 8.12. The zero-order valence-electron chi connectivity index (χ0n) is 11.4. The molecule has 0 atom stereocenters. The van der Waals surface area contributed by atoms with Crippen molar-refractivity contribution in [1.82, 2.24) is 9.78 Å². The first kappa shape index (κ1) is 14.2. The molecule has 2 aromatic carbocycles. The van der Waals surface area contributed by atoms with Gasteiger partial charge in [-0.3, -0.25) is 4.68 Å². The lowest BCUT2D eigenvalue weighted by Gasteiger charge is -2.09. The molecule has 3 rings (SSSR count). The van der Waals surface area contributed by atoms with E-state index in [1.54, 1.807) is 36.0 Å². The van der Waals surface area contributed by atoms with Crippen molar-refractivity contribution in [2.45, 2.75) is 6.92 Å². The largest absolute Gasteiger partial charge is 0.351 e. The van der Waals surface area contributed by atoms with Gasteiger partial charge in [0.05, 0.1) is 11.4 Å². The van der Waals surface area contributed by atoms with Crippen LogP contribution in [0.1, 0.15) is 5.69 Å². The van der Waals surface area contributed by atoms with E-state index in [4.69, 9.17) is 0 Å². The number of halogens is 3. The Kier molecular flexibility index (Phi) is 3.56. The number of anilines is 2. The molecule has 0 saturated carbocycles. The SMILES string of the molecule is Cc1c2ccc(Nc3ccc(I)cc3F)c(F)c2nn1C. The number of nitrogens with one attached hydrogen (secondary N) is 1. The van der Waals surface area contributed by atoms with Crippen molar-refractivity contribution >= 4 is 44.9 Å². The minimum absolute atomic E-state index is 0.209. The maximum absolute atomic E-state index is 14.5. The van der Waals surface area contributed by atoms with E-state index in [0.717, 1.165) is 14.7 Å². The Morgan fingerprint density at radius 1 is 1.14 bits per heavy atom. The van der Waals surface area contributed by atoms with Crippen LogP contribution in [0.5, 0.6) is 0 Å². The second kappa shape index (κ2) is 5.25. The highest BCUT2D eigenvalue weighted by atomic mass is 127. The van der Waals surface area contributed by atoms with Crippen LogP contribution in [0.3, 0.4) is 0 Å². The summed E-state index contributed by atoms with van der Waals surface area (Å²) < 4.78 is 30.7. The van der Waals surface area contributed by atoms with Crippen LogP contribution >= 0.6 is 22.6 Å². The number of hydrogen-bond acceptors (Lipinski definition) is 2. The van der Waals surface area contributed by atoms with Gasteiger partial charge < -0.3 is 5.32 Å². The van der Waals surface area contributed by atoms with Gasteiger partial charge in [0.25, 0.3) is 0 Å². The van der Waals surface area contributed by atoms with E-state index in [0.29, 0.717) is 0 Å². The first-order valence-corrected chi connectivity index (χ1v) is 7.39. The Labute approximate surface area is 134 Å². The summed E-state index contributed by atoms with van der Waals surface area (Å²) in [5, 5.41) is 7.70. The third-order valence-electron chi connectivity index (χ3n) is 3.44.